The van der Waals surface area contributed by atoms with Crippen LogP contribution >= 0.6 is 0 Å². The summed E-state index contributed by atoms with van der Waals surface area (Å²) < 4.78 is 0. The van der Waals surface area contributed by atoms with E-state index in [2.05, 4.69) is 116 Å². The molecular formula is C30H31N. The molecule has 0 spiro atoms. The van der Waals surface area contributed by atoms with E-state index >= 15 is 0 Å². The molecule has 1 N–H and O–H groups in total. The van der Waals surface area contributed by atoms with Crippen LogP contribution in [0.2, 0.25) is 0 Å². The SMILES string of the molecule is CCCc1ccccc1-c1ccc(Nc2ccc(-c3ccccc3CCC)cc2)cc1. The van der Waals surface area contributed by atoms with Gasteiger partial charge in [0.1, 0.15) is 0 Å². The first-order valence-electron chi connectivity index (χ1n) is 11.4. The van der Waals surface area contributed by atoms with Crippen molar-refractivity contribution in [1.82, 2.24) is 0 Å². The summed E-state index contributed by atoms with van der Waals surface area (Å²) >= 11 is 0. The molecule has 0 aromatic heterocycles. The van der Waals surface area contributed by atoms with Gasteiger partial charge in [0.25, 0.3) is 0 Å². The van der Waals surface area contributed by atoms with Gasteiger partial charge in [0.05, 0.1) is 0 Å². The van der Waals surface area contributed by atoms with Crippen molar-refractivity contribution in [2.24, 2.45) is 0 Å². The van der Waals surface area contributed by atoms with E-state index in [0.29, 0.717) is 0 Å². The average molecular weight is 406 g/mol. The highest BCUT2D eigenvalue weighted by Gasteiger charge is 2.06. The Morgan fingerprint density at radius 1 is 0.484 bits per heavy atom. The Labute approximate surface area is 186 Å². The second-order valence-corrected chi connectivity index (χ2v) is 8.09. The van der Waals surface area contributed by atoms with Gasteiger partial charge in [-0.15, -0.1) is 0 Å². The van der Waals surface area contributed by atoms with Gasteiger partial charge in [0.2, 0.25) is 0 Å². The van der Waals surface area contributed by atoms with Crippen molar-refractivity contribution in [3.05, 3.63) is 108 Å². The molecule has 4 aromatic rings. The van der Waals surface area contributed by atoms with Gasteiger partial charge in [-0.25, -0.2) is 0 Å². The van der Waals surface area contributed by atoms with Gasteiger partial charge in [-0.3, -0.25) is 0 Å². The van der Waals surface area contributed by atoms with Crippen LogP contribution in [0.5, 0.6) is 0 Å². The Balaban J connectivity index is 1.49. The van der Waals surface area contributed by atoms with Gasteiger partial charge in [-0.2, -0.15) is 0 Å². The maximum absolute atomic E-state index is 3.54. The Bertz CT molecular complexity index is 1020. The smallest absolute Gasteiger partial charge is 0.0384 e. The van der Waals surface area contributed by atoms with E-state index in [1.807, 2.05) is 0 Å². The number of aryl methyl sites for hydroxylation is 2. The van der Waals surface area contributed by atoms with Gasteiger partial charge in [0, 0.05) is 11.4 Å². The van der Waals surface area contributed by atoms with E-state index in [4.69, 9.17) is 0 Å². The van der Waals surface area contributed by atoms with E-state index in [1.165, 1.54) is 33.4 Å². The fraction of sp³-hybridized carbons (Fsp3) is 0.200. The lowest BCUT2D eigenvalue weighted by Crippen LogP contribution is -1.93. The van der Waals surface area contributed by atoms with E-state index in [-0.39, 0.29) is 0 Å². The maximum atomic E-state index is 3.54. The number of benzene rings is 4. The second kappa shape index (κ2) is 10.1. The number of rotatable bonds is 8. The predicted molar refractivity (Wildman–Crippen MR) is 135 cm³/mol. The molecule has 0 unspecified atom stereocenters. The molecule has 0 fully saturated rings. The molecule has 4 aromatic carbocycles. The fourth-order valence-electron chi connectivity index (χ4n) is 4.21. The minimum absolute atomic E-state index is 1.11. The molecule has 0 saturated heterocycles. The van der Waals surface area contributed by atoms with Crippen molar-refractivity contribution in [1.29, 1.82) is 0 Å². The van der Waals surface area contributed by atoms with E-state index in [9.17, 15) is 0 Å². The first-order valence-corrected chi connectivity index (χ1v) is 11.4. The summed E-state index contributed by atoms with van der Waals surface area (Å²) in [4.78, 5) is 0. The summed E-state index contributed by atoms with van der Waals surface area (Å²) in [5, 5.41) is 3.54. The fourth-order valence-corrected chi connectivity index (χ4v) is 4.21. The topological polar surface area (TPSA) is 12.0 Å². The lowest BCUT2D eigenvalue weighted by molar-refractivity contribution is 0.923. The molecule has 0 aliphatic heterocycles. The van der Waals surface area contributed by atoms with Crippen LogP contribution in [0, 0.1) is 0 Å². The zero-order valence-electron chi connectivity index (χ0n) is 18.6. The predicted octanol–water partition coefficient (Wildman–Crippen LogP) is 8.67. The first-order chi connectivity index (χ1) is 15.3. The van der Waals surface area contributed by atoms with Crippen LogP contribution in [0.25, 0.3) is 22.3 Å². The Morgan fingerprint density at radius 2 is 0.871 bits per heavy atom. The van der Waals surface area contributed by atoms with Crippen LogP contribution < -0.4 is 5.32 Å². The monoisotopic (exact) mass is 405 g/mol. The summed E-state index contributed by atoms with van der Waals surface area (Å²) in [7, 11) is 0. The standard InChI is InChI=1S/C30H31N/c1-3-9-23-11-5-7-13-29(23)25-15-19-27(20-16-25)31-28-21-17-26(18-22-28)30-14-8-6-12-24(30)10-4-2/h5-8,11-22,31H,3-4,9-10H2,1-2H3. The van der Waals surface area contributed by atoms with E-state index in [1.54, 1.807) is 0 Å². The molecule has 0 radical (unpaired) electrons. The van der Waals surface area contributed by atoms with E-state index in [0.717, 1.165) is 37.1 Å². The number of hydrogen-bond donors (Lipinski definition) is 1. The van der Waals surface area contributed by atoms with Crippen molar-refractivity contribution >= 4 is 11.4 Å². The third-order valence-electron chi connectivity index (χ3n) is 5.75. The lowest BCUT2D eigenvalue weighted by Gasteiger charge is -2.12. The summed E-state index contributed by atoms with van der Waals surface area (Å²) in [6.07, 6.45) is 4.55. The molecule has 0 heterocycles. The van der Waals surface area contributed by atoms with Crippen LogP contribution in [0.1, 0.15) is 37.8 Å². The van der Waals surface area contributed by atoms with E-state index < -0.39 is 0 Å². The lowest BCUT2D eigenvalue weighted by atomic mass is 9.96. The Hall–Kier alpha value is -3.32. The first kappa shape index (κ1) is 20.9. The van der Waals surface area contributed by atoms with Gasteiger partial charge >= 0.3 is 0 Å². The summed E-state index contributed by atoms with van der Waals surface area (Å²) in [6, 6.07) is 35.0. The highest BCUT2D eigenvalue weighted by atomic mass is 14.9. The molecule has 31 heavy (non-hydrogen) atoms. The summed E-state index contributed by atoms with van der Waals surface area (Å²) in [5.41, 5.74) is 10.3. The van der Waals surface area contributed by atoms with Gasteiger partial charge in [-0.1, -0.05) is 99.5 Å². The average Bonchev–Trinajstić information content (AvgIpc) is 2.82. The maximum Gasteiger partial charge on any atom is 0.0384 e. The van der Waals surface area contributed by atoms with Gasteiger partial charge in [-0.05, 0) is 70.5 Å². The molecule has 0 amide bonds. The number of hydrogen-bond acceptors (Lipinski definition) is 1. The molecule has 0 aliphatic carbocycles. The minimum Gasteiger partial charge on any atom is -0.356 e. The zero-order valence-corrected chi connectivity index (χ0v) is 18.6. The quantitative estimate of drug-likeness (QED) is 0.309. The third-order valence-corrected chi connectivity index (χ3v) is 5.75. The number of anilines is 2. The molecule has 0 bridgehead atoms. The highest BCUT2D eigenvalue weighted by molar-refractivity contribution is 5.73. The second-order valence-electron chi connectivity index (χ2n) is 8.09. The molecule has 4 rings (SSSR count). The molecule has 1 heteroatoms. The summed E-state index contributed by atoms with van der Waals surface area (Å²) in [6.45, 7) is 4.47. The van der Waals surface area contributed by atoms with Crippen molar-refractivity contribution in [2.75, 3.05) is 5.32 Å². The van der Waals surface area contributed by atoms with Crippen molar-refractivity contribution in [2.45, 2.75) is 39.5 Å². The molecule has 1 nitrogen and oxygen atoms in total. The molecule has 156 valence electrons. The van der Waals surface area contributed by atoms with Crippen LogP contribution in [-0.2, 0) is 12.8 Å². The van der Waals surface area contributed by atoms with Crippen LogP contribution in [0.4, 0.5) is 11.4 Å². The Morgan fingerprint density at radius 3 is 1.26 bits per heavy atom. The van der Waals surface area contributed by atoms with Crippen LogP contribution in [-0.4, -0.2) is 0 Å². The molecule has 0 aliphatic rings. The highest BCUT2D eigenvalue weighted by Crippen LogP contribution is 2.29. The Kier molecular flexibility index (Phi) is 6.84. The van der Waals surface area contributed by atoms with Crippen LogP contribution in [0.15, 0.2) is 97.1 Å². The normalized spacial score (nSPS) is 10.8. The zero-order chi connectivity index (χ0) is 21.5. The summed E-state index contributed by atoms with van der Waals surface area (Å²) in [5.74, 6) is 0. The largest absolute Gasteiger partial charge is 0.356 e. The van der Waals surface area contributed by atoms with Crippen molar-refractivity contribution in [3.8, 4) is 22.3 Å². The van der Waals surface area contributed by atoms with Gasteiger partial charge < -0.3 is 5.32 Å². The molecule has 0 saturated carbocycles. The molecular weight excluding hydrogens is 374 g/mol. The third kappa shape index (κ3) is 5.06. The molecule has 0 atom stereocenters. The van der Waals surface area contributed by atoms with Gasteiger partial charge in [0.15, 0.2) is 0 Å². The van der Waals surface area contributed by atoms with Crippen LogP contribution in [0.3, 0.4) is 0 Å². The van der Waals surface area contributed by atoms with Crippen molar-refractivity contribution < 1.29 is 0 Å². The van der Waals surface area contributed by atoms with Crippen molar-refractivity contribution in [3.63, 3.8) is 0 Å². The minimum atomic E-state index is 1.11. The number of nitrogens with one attached hydrogen (secondary N) is 1.